The highest BCUT2D eigenvalue weighted by Crippen LogP contribution is 2.26. The van der Waals surface area contributed by atoms with E-state index in [-0.39, 0.29) is 30.0 Å². The zero-order chi connectivity index (χ0) is 19.2. The van der Waals surface area contributed by atoms with Crippen LogP contribution in [0.4, 0.5) is 5.69 Å². The van der Waals surface area contributed by atoms with Crippen molar-refractivity contribution in [2.75, 3.05) is 31.2 Å². The van der Waals surface area contributed by atoms with Crippen LogP contribution in [0.2, 0.25) is 10.0 Å². The van der Waals surface area contributed by atoms with Gasteiger partial charge in [-0.05, 0) is 42.3 Å². The molecule has 2 aromatic rings. The van der Waals surface area contributed by atoms with Crippen LogP contribution in [-0.2, 0) is 11.3 Å². The van der Waals surface area contributed by atoms with E-state index in [1.165, 1.54) is 5.69 Å². The molecule has 3 rings (SSSR count). The lowest BCUT2D eigenvalue weighted by Gasteiger charge is -2.28. The van der Waals surface area contributed by atoms with Crippen LogP contribution < -0.4 is 16.0 Å². The molecule has 8 heteroatoms. The average molecular weight is 535 g/mol. The van der Waals surface area contributed by atoms with E-state index < -0.39 is 0 Å². The Kier molecular flexibility index (Phi) is 9.14. The Morgan fingerprint density at radius 3 is 2.50 bits per heavy atom. The molecule has 0 saturated carbocycles. The van der Waals surface area contributed by atoms with Gasteiger partial charge in [0.15, 0.2) is 5.96 Å². The maximum atomic E-state index is 6.24. The molecule has 0 amide bonds. The fourth-order valence-corrected chi connectivity index (χ4v) is 3.58. The standard InChI is InChI=1S/C20H24Cl2N4O.HI/c1-14(18-7-4-16(21)12-19(18)22)25-20(23)24-13-15-2-5-17(6-3-15)26-8-10-27-11-9-26;/h2-7,12,14H,8-11,13H2,1H3,(H3,23,24,25);1H. The number of benzene rings is 2. The summed E-state index contributed by atoms with van der Waals surface area (Å²) >= 11 is 12.2. The Morgan fingerprint density at radius 2 is 1.86 bits per heavy atom. The number of guanidine groups is 1. The van der Waals surface area contributed by atoms with Crippen molar-refractivity contribution in [3.63, 3.8) is 0 Å². The Labute approximate surface area is 193 Å². The number of rotatable bonds is 5. The van der Waals surface area contributed by atoms with Gasteiger partial charge in [0.05, 0.1) is 25.8 Å². The number of hydrogen-bond acceptors (Lipinski definition) is 3. The number of ether oxygens (including phenoxy) is 1. The minimum absolute atomic E-state index is 0. The second-order valence-electron chi connectivity index (χ2n) is 6.50. The molecule has 1 fully saturated rings. The third-order valence-electron chi connectivity index (χ3n) is 4.54. The summed E-state index contributed by atoms with van der Waals surface area (Å²) in [6.07, 6.45) is 0. The van der Waals surface area contributed by atoms with Crippen LogP contribution in [0.15, 0.2) is 47.5 Å². The van der Waals surface area contributed by atoms with Gasteiger partial charge in [-0.25, -0.2) is 4.99 Å². The van der Waals surface area contributed by atoms with Gasteiger partial charge < -0.3 is 20.7 Å². The first-order valence-corrected chi connectivity index (χ1v) is 9.71. The second-order valence-corrected chi connectivity index (χ2v) is 7.34. The van der Waals surface area contributed by atoms with Crippen molar-refractivity contribution in [1.29, 1.82) is 0 Å². The predicted octanol–water partition coefficient (Wildman–Crippen LogP) is 4.61. The van der Waals surface area contributed by atoms with E-state index in [0.29, 0.717) is 22.5 Å². The summed E-state index contributed by atoms with van der Waals surface area (Å²) in [7, 11) is 0. The maximum Gasteiger partial charge on any atom is 0.189 e. The van der Waals surface area contributed by atoms with Crippen LogP contribution in [0.3, 0.4) is 0 Å². The van der Waals surface area contributed by atoms with Crippen molar-refractivity contribution >= 4 is 58.8 Å². The second kappa shape index (κ2) is 11.1. The number of halogens is 3. The summed E-state index contributed by atoms with van der Waals surface area (Å²) in [5.41, 5.74) is 9.28. The van der Waals surface area contributed by atoms with Gasteiger partial charge in [0.2, 0.25) is 0 Å². The molecule has 152 valence electrons. The number of anilines is 1. The van der Waals surface area contributed by atoms with E-state index in [1.54, 1.807) is 6.07 Å². The normalized spacial score (nSPS) is 15.7. The number of nitrogens with zero attached hydrogens (tertiary/aromatic N) is 2. The Hall–Kier alpha value is -1.22. The van der Waals surface area contributed by atoms with Crippen molar-refractivity contribution in [1.82, 2.24) is 5.32 Å². The third-order valence-corrected chi connectivity index (χ3v) is 5.10. The van der Waals surface area contributed by atoms with Crippen LogP contribution in [-0.4, -0.2) is 32.3 Å². The molecule has 1 atom stereocenters. The number of aliphatic imine (C=N–C) groups is 1. The zero-order valence-electron chi connectivity index (χ0n) is 15.7. The van der Waals surface area contributed by atoms with Crippen molar-refractivity contribution in [3.8, 4) is 0 Å². The molecular formula is C20H25Cl2IN4O. The summed E-state index contributed by atoms with van der Waals surface area (Å²) in [4.78, 5) is 6.75. The van der Waals surface area contributed by atoms with Crippen LogP contribution in [0.25, 0.3) is 0 Å². The van der Waals surface area contributed by atoms with Gasteiger partial charge in [-0.2, -0.15) is 0 Å². The fourth-order valence-electron chi connectivity index (χ4n) is 3.01. The molecule has 1 heterocycles. The lowest BCUT2D eigenvalue weighted by atomic mass is 10.1. The van der Waals surface area contributed by atoms with Gasteiger partial charge in [0.1, 0.15) is 0 Å². The molecular weight excluding hydrogens is 510 g/mol. The van der Waals surface area contributed by atoms with E-state index in [1.807, 2.05) is 19.1 Å². The van der Waals surface area contributed by atoms with Crippen LogP contribution >= 0.6 is 47.2 Å². The molecule has 28 heavy (non-hydrogen) atoms. The van der Waals surface area contributed by atoms with Crippen molar-refractivity contribution in [3.05, 3.63) is 63.6 Å². The SMILES string of the molecule is CC(NC(N)=NCc1ccc(N2CCOCC2)cc1)c1ccc(Cl)cc1Cl.I. The van der Waals surface area contributed by atoms with Crippen molar-refractivity contribution in [2.24, 2.45) is 10.7 Å². The number of nitrogens with two attached hydrogens (primary N) is 1. The highest BCUT2D eigenvalue weighted by molar-refractivity contribution is 14.0. The lowest BCUT2D eigenvalue weighted by molar-refractivity contribution is 0.122. The topological polar surface area (TPSA) is 62.9 Å². The first-order valence-electron chi connectivity index (χ1n) is 8.96. The van der Waals surface area contributed by atoms with Crippen LogP contribution in [0.1, 0.15) is 24.1 Å². The van der Waals surface area contributed by atoms with Gasteiger partial charge in [-0.3, -0.25) is 0 Å². The molecule has 3 N–H and O–H groups in total. The quantitative estimate of drug-likeness (QED) is 0.334. The van der Waals surface area contributed by atoms with E-state index in [0.717, 1.165) is 37.4 Å². The first kappa shape index (κ1) is 23.1. The maximum absolute atomic E-state index is 6.24. The van der Waals surface area contributed by atoms with Gasteiger partial charge in [-0.15, -0.1) is 24.0 Å². The Balaban J connectivity index is 0.00000280. The van der Waals surface area contributed by atoms with Crippen LogP contribution in [0, 0.1) is 0 Å². The van der Waals surface area contributed by atoms with Gasteiger partial charge >= 0.3 is 0 Å². The molecule has 0 aromatic heterocycles. The van der Waals surface area contributed by atoms with E-state index in [2.05, 4.69) is 39.5 Å². The largest absolute Gasteiger partial charge is 0.378 e. The highest BCUT2D eigenvalue weighted by Gasteiger charge is 2.12. The summed E-state index contributed by atoms with van der Waals surface area (Å²) in [5, 5.41) is 4.38. The molecule has 2 aromatic carbocycles. The smallest absolute Gasteiger partial charge is 0.189 e. The molecule has 0 aliphatic carbocycles. The summed E-state index contributed by atoms with van der Waals surface area (Å²) in [6, 6.07) is 13.8. The zero-order valence-corrected chi connectivity index (χ0v) is 19.5. The highest BCUT2D eigenvalue weighted by atomic mass is 127. The van der Waals surface area contributed by atoms with Gasteiger partial charge in [0, 0.05) is 28.8 Å². The van der Waals surface area contributed by atoms with E-state index in [4.69, 9.17) is 33.7 Å². The molecule has 1 unspecified atom stereocenters. The van der Waals surface area contributed by atoms with E-state index in [9.17, 15) is 0 Å². The predicted molar refractivity (Wildman–Crippen MR) is 128 cm³/mol. The summed E-state index contributed by atoms with van der Waals surface area (Å²) in [6.45, 7) is 5.92. The molecule has 1 aliphatic rings. The van der Waals surface area contributed by atoms with Gasteiger partial charge in [0.25, 0.3) is 0 Å². The minimum atomic E-state index is -0.0674. The molecule has 1 saturated heterocycles. The van der Waals surface area contributed by atoms with Crippen molar-refractivity contribution in [2.45, 2.75) is 19.5 Å². The Morgan fingerprint density at radius 1 is 1.18 bits per heavy atom. The summed E-state index contributed by atoms with van der Waals surface area (Å²) in [5.74, 6) is 0.380. The number of morpholine rings is 1. The minimum Gasteiger partial charge on any atom is -0.378 e. The molecule has 0 bridgehead atoms. The fraction of sp³-hybridized carbons (Fsp3) is 0.350. The first-order chi connectivity index (χ1) is 13.0. The number of nitrogens with one attached hydrogen (secondary N) is 1. The van der Waals surface area contributed by atoms with Crippen molar-refractivity contribution < 1.29 is 4.74 Å². The molecule has 1 aliphatic heterocycles. The molecule has 0 radical (unpaired) electrons. The average Bonchev–Trinajstić information content (AvgIpc) is 2.67. The monoisotopic (exact) mass is 534 g/mol. The Bertz CT molecular complexity index is 795. The summed E-state index contributed by atoms with van der Waals surface area (Å²) < 4.78 is 5.39. The van der Waals surface area contributed by atoms with E-state index >= 15 is 0 Å². The molecule has 5 nitrogen and oxygen atoms in total. The number of hydrogen-bond donors (Lipinski definition) is 2. The third kappa shape index (κ3) is 6.40. The molecule has 0 spiro atoms. The van der Waals surface area contributed by atoms with Crippen LogP contribution in [0.5, 0.6) is 0 Å². The van der Waals surface area contributed by atoms with Gasteiger partial charge in [-0.1, -0.05) is 41.4 Å². The lowest BCUT2D eigenvalue weighted by Crippen LogP contribution is -2.36.